The monoisotopic (exact) mass is 320 g/mol. The molecule has 0 bridgehead atoms. The van der Waals surface area contributed by atoms with E-state index in [9.17, 15) is 4.79 Å². The van der Waals surface area contributed by atoms with Gasteiger partial charge in [-0.15, -0.1) is 0 Å². The Balaban J connectivity index is 1.42. The molecule has 0 aliphatic carbocycles. The molecule has 0 fully saturated rings. The van der Waals surface area contributed by atoms with Gasteiger partial charge in [-0.05, 0) is 37.1 Å². The second-order valence-electron chi connectivity index (χ2n) is 6.28. The van der Waals surface area contributed by atoms with Crippen LogP contribution in [-0.2, 0) is 11.2 Å². The second-order valence-corrected chi connectivity index (χ2v) is 6.28. The van der Waals surface area contributed by atoms with E-state index in [-0.39, 0.29) is 11.9 Å². The summed E-state index contributed by atoms with van der Waals surface area (Å²) in [6, 6.07) is 18.0. The number of nitrogens with one attached hydrogen (secondary N) is 1. The normalized spacial score (nSPS) is 14.6. The van der Waals surface area contributed by atoms with Crippen LogP contribution in [0.25, 0.3) is 11.0 Å². The molecule has 1 atom stereocenters. The molecule has 4 rings (SSSR count). The number of carbonyl (C=O) groups excluding carboxylic acids is 1. The first-order valence-electron chi connectivity index (χ1n) is 8.31. The molecule has 1 N–H and O–H groups in total. The summed E-state index contributed by atoms with van der Waals surface area (Å²) < 4.78 is 5.83. The van der Waals surface area contributed by atoms with Crippen LogP contribution in [0.4, 0.5) is 5.69 Å². The first-order valence-corrected chi connectivity index (χ1v) is 8.31. The lowest BCUT2D eigenvalue weighted by atomic mass is 10.2. The summed E-state index contributed by atoms with van der Waals surface area (Å²) in [5.41, 5.74) is 3.33. The average Bonchev–Trinajstić information content (AvgIpc) is 3.19. The highest BCUT2D eigenvalue weighted by molar-refractivity contribution is 5.83. The molecule has 0 saturated carbocycles. The number of anilines is 1. The van der Waals surface area contributed by atoms with Gasteiger partial charge in [-0.2, -0.15) is 0 Å². The Morgan fingerprint density at radius 3 is 2.88 bits per heavy atom. The summed E-state index contributed by atoms with van der Waals surface area (Å²) in [6.45, 7) is 3.22. The van der Waals surface area contributed by atoms with E-state index >= 15 is 0 Å². The Labute approximate surface area is 141 Å². The molecule has 24 heavy (non-hydrogen) atoms. The Morgan fingerprint density at radius 2 is 2.00 bits per heavy atom. The van der Waals surface area contributed by atoms with Crippen LogP contribution in [0.2, 0.25) is 0 Å². The molecule has 1 aliphatic rings. The van der Waals surface area contributed by atoms with Crippen molar-refractivity contribution in [2.75, 3.05) is 18.0 Å². The Bertz CT molecular complexity index is 851. The minimum absolute atomic E-state index is 0.0136. The molecule has 2 aromatic carbocycles. The van der Waals surface area contributed by atoms with E-state index in [4.69, 9.17) is 4.42 Å². The largest absolute Gasteiger partial charge is 0.459 e. The fourth-order valence-electron chi connectivity index (χ4n) is 3.32. The van der Waals surface area contributed by atoms with Gasteiger partial charge >= 0.3 is 0 Å². The molecule has 0 unspecified atom stereocenters. The van der Waals surface area contributed by atoms with Gasteiger partial charge in [0.05, 0.1) is 12.6 Å². The first-order chi connectivity index (χ1) is 11.7. The minimum Gasteiger partial charge on any atom is -0.459 e. The van der Waals surface area contributed by atoms with Crippen LogP contribution in [0.15, 0.2) is 59.0 Å². The molecule has 1 aliphatic heterocycles. The van der Waals surface area contributed by atoms with Crippen molar-refractivity contribution in [1.29, 1.82) is 0 Å². The van der Waals surface area contributed by atoms with Crippen molar-refractivity contribution in [3.8, 4) is 0 Å². The van der Waals surface area contributed by atoms with Crippen LogP contribution in [-0.4, -0.2) is 19.0 Å². The van der Waals surface area contributed by atoms with Gasteiger partial charge in [0.25, 0.3) is 0 Å². The zero-order chi connectivity index (χ0) is 16.5. The van der Waals surface area contributed by atoms with Crippen LogP contribution >= 0.6 is 0 Å². The van der Waals surface area contributed by atoms with E-state index in [2.05, 4.69) is 22.3 Å². The molecular weight excluding hydrogens is 300 g/mol. The maximum absolute atomic E-state index is 12.4. The first kappa shape index (κ1) is 14.8. The lowest BCUT2D eigenvalue weighted by molar-refractivity contribution is -0.120. The molecule has 122 valence electrons. The summed E-state index contributed by atoms with van der Waals surface area (Å²) in [6.07, 6.45) is 1.00. The number of furan rings is 1. The smallest absolute Gasteiger partial charge is 0.240 e. The summed E-state index contributed by atoms with van der Waals surface area (Å²) in [4.78, 5) is 14.5. The Hall–Kier alpha value is -2.75. The predicted octanol–water partition coefficient (Wildman–Crippen LogP) is 3.67. The fraction of sp³-hybridized carbons (Fsp3) is 0.250. The molecule has 2 heterocycles. The van der Waals surface area contributed by atoms with Crippen molar-refractivity contribution >= 4 is 22.6 Å². The van der Waals surface area contributed by atoms with E-state index in [1.165, 1.54) is 11.3 Å². The van der Waals surface area contributed by atoms with Crippen molar-refractivity contribution in [2.45, 2.75) is 19.4 Å². The van der Waals surface area contributed by atoms with Gasteiger partial charge in [0, 0.05) is 17.6 Å². The number of para-hydroxylation sites is 2. The van der Waals surface area contributed by atoms with Gasteiger partial charge in [0.15, 0.2) is 0 Å². The van der Waals surface area contributed by atoms with Gasteiger partial charge in [0.1, 0.15) is 11.3 Å². The molecule has 0 saturated heterocycles. The Morgan fingerprint density at radius 1 is 1.21 bits per heavy atom. The zero-order valence-electron chi connectivity index (χ0n) is 13.7. The minimum atomic E-state index is -0.150. The third-order valence-corrected chi connectivity index (χ3v) is 4.57. The van der Waals surface area contributed by atoms with Crippen molar-refractivity contribution in [2.24, 2.45) is 0 Å². The molecule has 1 amide bonds. The number of hydrogen-bond donors (Lipinski definition) is 1. The van der Waals surface area contributed by atoms with Crippen LogP contribution in [0.1, 0.15) is 24.3 Å². The number of nitrogens with zero attached hydrogens (tertiary/aromatic N) is 1. The number of benzene rings is 2. The topological polar surface area (TPSA) is 45.5 Å². The van der Waals surface area contributed by atoms with Gasteiger partial charge < -0.3 is 14.6 Å². The summed E-state index contributed by atoms with van der Waals surface area (Å²) in [5, 5.41) is 4.10. The Kier molecular flexibility index (Phi) is 3.73. The van der Waals surface area contributed by atoms with Crippen molar-refractivity contribution in [3.05, 3.63) is 65.9 Å². The lowest BCUT2D eigenvalue weighted by Crippen LogP contribution is -2.37. The van der Waals surface area contributed by atoms with Gasteiger partial charge in [-0.3, -0.25) is 4.79 Å². The molecule has 4 nitrogen and oxygen atoms in total. The van der Waals surface area contributed by atoms with Gasteiger partial charge in [-0.1, -0.05) is 36.4 Å². The third kappa shape index (κ3) is 2.75. The maximum Gasteiger partial charge on any atom is 0.240 e. The third-order valence-electron chi connectivity index (χ3n) is 4.57. The quantitative estimate of drug-likeness (QED) is 0.798. The van der Waals surface area contributed by atoms with Gasteiger partial charge in [-0.25, -0.2) is 0 Å². The highest BCUT2D eigenvalue weighted by Crippen LogP contribution is 2.27. The highest BCUT2D eigenvalue weighted by Gasteiger charge is 2.22. The summed E-state index contributed by atoms with van der Waals surface area (Å²) in [7, 11) is 0. The van der Waals surface area contributed by atoms with Crippen molar-refractivity contribution in [1.82, 2.24) is 5.32 Å². The van der Waals surface area contributed by atoms with E-state index in [1.54, 1.807) is 0 Å². The number of fused-ring (bicyclic) bond motifs is 2. The molecule has 0 spiro atoms. The van der Waals surface area contributed by atoms with Crippen molar-refractivity contribution < 1.29 is 9.21 Å². The maximum atomic E-state index is 12.4. The standard InChI is InChI=1S/C20H20N2O2/c1-14(19-12-16-7-3-5-9-18(16)24-19)21-20(23)13-22-11-10-15-6-2-4-8-17(15)22/h2-9,12,14H,10-11,13H2,1H3,(H,21,23)/t14-/m0/s1. The van der Waals surface area contributed by atoms with E-state index < -0.39 is 0 Å². The highest BCUT2D eigenvalue weighted by atomic mass is 16.3. The molecular formula is C20H20N2O2. The van der Waals surface area contributed by atoms with E-state index in [0.717, 1.165) is 29.7 Å². The van der Waals surface area contributed by atoms with Crippen LogP contribution in [0, 0.1) is 0 Å². The second kappa shape index (κ2) is 6.04. The number of carbonyl (C=O) groups is 1. The molecule has 0 radical (unpaired) electrons. The lowest BCUT2D eigenvalue weighted by Gasteiger charge is -2.20. The molecule has 3 aromatic rings. The van der Waals surface area contributed by atoms with E-state index in [1.807, 2.05) is 49.4 Å². The predicted molar refractivity (Wildman–Crippen MR) is 95.1 cm³/mol. The number of hydrogen-bond acceptors (Lipinski definition) is 3. The summed E-state index contributed by atoms with van der Waals surface area (Å²) in [5.74, 6) is 0.797. The zero-order valence-corrected chi connectivity index (χ0v) is 13.7. The molecule has 1 aromatic heterocycles. The van der Waals surface area contributed by atoms with Crippen LogP contribution in [0.5, 0.6) is 0 Å². The summed E-state index contributed by atoms with van der Waals surface area (Å²) >= 11 is 0. The van der Waals surface area contributed by atoms with Crippen molar-refractivity contribution in [3.63, 3.8) is 0 Å². The number of rotatable bonds is 4. The number of amides is 1. The molecule has 4 heteroatoms. The SMILES string of the molecule is C[C@H](NC(=O)CN1CCc2ccccc21)c1cc2ccccc2o1. The van der Waals surface area contributed by atoms with Gasteiger partial charge in [0.2, 0.25) is 5.91 Å². The van der Waals surface area contributed by atoms with Crippen LogP contribution in [0.3, 0.4) is 0 Å². The van der Waals surface area contributed by atoms with E-state index in [0.29, 0.717) is 6.54 Å². The van der Waals surface area contributed by atoms with Crippen LogP contribution < -0.4 is 10.2 Å². The fourth-order valence-corrected chi connectivity index (χ4v) is 3.32. The average molecular weight is 320 g/mol.